The number of para-hydroxylation sites is 5. The number of aromatic hydroxyl groups is 1. The Hall–Kier alpha value is -6.26. The predicted octanol–water partition coefficient (Wildman–Crippen LogP) is 11.8. The van der Waals surface area contributed by atoms with Crippen LogP contribution in [0.3, 0.4) is 0 Å². The number of hydrogen-bond donors (Lipinski definition) is 1. The van der Waals surface area contributed by atoms with Crippen molar-refractivity contribution in [1.82, 2.24) is 0 Å². The zero-order valence-corrected chi connectivity index (χ0v) is 25.3. The van der Waals surface area contributed by atoms with Crippen LogP contribution < -0.4 is 14.7 Å². The van der Waals surface area contributed by atoms with Gasteiger partial charge in [-0.1, -0.05) is 97.1 Å². The van der Waals surface area contributed by atoms with Crippen molar-refractivity contribution in [2.45, 2.75) is 0 Å². The molecule has 0 heterocycles. The topological polar surface area (TPSA) is 30.0 Å². The lowest BCUT2D eigenvalue weighted by Gasteiger charge is -2.33. The summed E-state index contributed by atoms with van der Waals surface area (Å²) in [4.78, 5) is 6.76. The van der Waals surface area contributed by atoms with Crippen molar-refractivity contribution in [1.29, 1.82) is 0 Å². The predicted molar refractivity (Wildman–Crippen MR) is 192 cm³/mol. The molecule has 0 radical (unpaired) electrons. The molecule has 222 valence electrons. The van der Waals surface area contributed by atoms with Crippen LogP contribution in [0.2, 0.25) is 0 Å². The van der Waals surface area contributed by atoms with E-state index in [1.807, 2.05) is 54.6 Å². The van der Waals surface area contributed by atoms with Gasteiger partial charge >= 0.3 is 0 Å². The molecule has 0 aliphatic heterocycles. The average Bonchev–Trinajstić information content (AvgIpc) is 3.11. The average molecular weight is 596 g/mol. The van der Waals surface area contributed by atoms with Gasteiger partial charge in [0.1, 0.15) is 5.75 Å². The van der Waals surface area contributed by atoms with Gasteiger partial charge in [-0.15, -0.1) is 0 Å². The van der Waals surface area contributed by atoms with E-state index in [0.29, 0.717) is 0 Å². The highest BCUT2D eigenvalue weighted by Crippen LogP contribution is 2.45. The first-order valence-electron chi connectivity index (χ1n) is 15.3. The van der Waals surface area contributed by atoms with Crippen LogP contribution in [0.15, 0.2) is 194 Å². The van der Waals surface area contributed by atoms with Crippen LogP contribution in [-0.4, -0.2) is 5.11 Å². The van der Waals surface area contributed by atoms with Crippen molar-refractivity contribution in [3.8, 4) is 5.75 Å². The molecule has 0 spiro atoms. The molecule has 4 heteroatoms. The van der Waals surface area contributed by atoms with Crippen LogP contribution in [0.4, 0.5) is 51.2 Å². The Labute approximate surface area is 270 Å². The molecule has 7 aromatic rings. The molecule has 0 unspecified atom stereocenters. The lowest BCUT2D eigenvalue weighted by Crippen LogP contribution is -2.16. The summed E-state index contributed by atoms with van der Waals surface area (Å²) in [5, 5.41) is 10.6. The number of benzene rings is 7. The van der Waals surface area contributed by atoms with Gasteiger partial charge in [0.2, 0.25) is 0 Å². The zero-order valence-electron chi connectivity index (χ0n) is 25.3. The van der Waals surface area contributed by atoms with Gasteiger partial charge in [-0.3, -0.25) is 0 Å². The molecule has 0 amide bonds. The van der Waals surface area contributed by atoms with Gasteiger partial charge in [0.15, 0.2) is 0 Å². The van der Waals surface area contributed by atoms with Crippen molar-refractivity contribution in [2.75, 3.05) is 14.7 Å². The second-order valence-electron chi connectivity index (χ2n) is 10.9. The maximum Gasteiger partial charge on any atom is 0.117 e. The molecule has 0 aromatic heterocycles. The van der Waals surface area contributed by atoms with Crippen LogP contribution >= 0.6 is 0 Å². The van der Waals surface area contributed by atoms with E-state index in [1.54, 1.807) is 12.1 Å². The highest BCUT2D eigenvalue weighted by atomic mass is 16.3. The van der Waals surface area contributed by atoms with Gasteiger partial charge in [0, 0.05) is 40.2 Å². The van der Waals surface area contributed by atoms with Gasteiger partial charge in [-0.25, -0.2) is 0 Å². The Morgan fingerprint density at radius 2 is 0.500 bits per heavy atom. The summed E-state index contributed by atoms with van der Waals surface area (Å²) in [6.07, 6.45) is 0. The summed E-state index contributed by atoms with van der Waals surface area (Å²) < 4.78 is 0. The fourth-order valence-corrected chi connectivity index (χ4v) is 5.83. The van der Waals surface area contributed by atoms with Gasteiger partial charge in [-0.05, 0) is 91.0 Å². The standard InChI is InChI=1S/C42H33N3O/c46-42-28-16-27-38(32-42)45(37-25-14-5-15-26-37)41-30-39(43(33-17-6-1-7-18-33)34-19-8-2-9-20-34)29-40(31-41)44(35-21-10-3-11-22-35)36-23-12-4-13-24-36/h1-32,46H. The van der Waals surface area contributed by atoms with Crippen LogP contribution in [0.25, 0.3) is 0 Å². The maximum absolute atomic E-state index is 10.6. The largest absolute Gasteiger partial charge is 0.508 e. The number of rotatable bonds is 9. The molecule has 46 heavy (non-hydrogen) atoms. The van der Waals surface area contributed by atoms with Gasteiger partial charge < -0.3 is 19.8 Å². The molecule has 0 saturated carbocycles. The van der Waals surface area contributed by atoms with Crippen LogP contribution in [0.5, 0.6) is 5.75 Å². The fraction of sp³-hybridized carbons (Fsp3) is 0. The lowest BCUT2D eigenvalue weighted by molar-refractivity contribution is 0.475. The summed E-state index contributed by atoms with van der Waals surface area (Å²) in [5.74, 6) is 0.209. The highest BCUT2D eigenvalue weighted by Gasteiger charge is 2.22. The van der Waals surface area contributed by atoms with E-state index in [0.717, 1.165) is 51.2 Å². The summed E-state index contributed by atoms with van der Waals surface area (Å²) in [5.41, 5.74) is 8.94. The van der Waals surface area contributed by atoms with Crippen molar-refractivity contribution >= 4 is 51.2 Å². The normalized spacial score (nSPS) is 10.7. The van der Waals surface area contributed by atoms with E-state index in [9.17, 15) is 5.11 Å². The Bertz CT molecular complexity index is 1820. The molecular formula is C42H33N3O. The molecule has 1 N–H and O–H groups in total. The summed E-state index contributed by atoms with van der Waals surface area (Å²) >= 11 is 0. The van der Waals surface area contributed by atoms with Gasteiger partial charge in [0.05, 0.1) is 17.1 Å². The highest BCUT2D eigenvalue weighted by molar-refractivity contribution is 5.89. The third-order valence-corrected chi connectivity index (χ3v) is 7.82. The number of hydrogen-bond acceptors (Lipinski definition) is 4. The molecule has 0 bridgehead atoms. The molecule has 7 aromatic carbocycles. The monoisotopic (exact) mass is 595 g/mol. The molecule has 4 nitrogen and oxygen atoms in total. The SMILES string of the molecule is Oc1cccc(N(c2ccccc2)c2cc(N(c3ccccc3)c3ccccc3)cc(N(c3ccccc3)c3ccccc3)c2)c1. The van der Waals surface area contributed by atoms with Crippen LogP contribution in [0, 0.1) is 0 Å². The first-order chi connectivity index (χ1) is 22.7. The lowest BCUT2D eigenvalue weighted by atomic mass is 10.1. The Morgan fingerprint density at radius 3 is 0.783 bits per heavy atom. The summed E-state index contributed by atoms with van der Waals surface area (Å²) in [7, 11) is 0. The minimum Gasteiger partial charge on any atom is -0.508 e. The van der Waals surface area contributed by atoms with E-state index < -0.39 is 0 Å². The van der Waals surface area contributed by atoms with Crippen molar-refractivity contribution < 1.29 is 5.11 Å². The number of phenols is 1. The molecular weight excluding hydrogens is 562 g/mol. The van der Waals surface area contributed by atoms with E-state index in [4.69, 9.17) is 0 Å². The zero-order chi connectivity index (χ0) is 31.1. The summed E-state index contributed by atoms with van der Waals surface area (Å²) in [6.45, 7) is 0. The number of nitrogens with zero attached hydrogens (tertiary/aromatic N) is 3. The molecule has 0 saturated heterocycles. The molecule has 7 rings (SSSR count). The van der Waals surface area contributed by atoms with Crippen LogP contribution in [-0.2, 0) is 0 Å². The quantitative estimate of drug-likeness (QED) is 0.180. The fourth-order valence-electron chi connectivity index (χ4n) is 5.83. The second-order valence-corrected chi connectivity index (χ2v) is 10.9. The maximum atomic E-state index is 10.6. The number of anilines is 9. The summed E-state index contributed by atoms with van der Waals surface area (Å²) in [6, 6.07) is 66.2. The van der Waals surface area contributed by atoms with Crippen LogP contribution in [0.1, 0.15) is 0 Å². The Kier molecular flexibility index (Phi) is 8.16. The molecule has 0 aliphatic carbocycles. The van der Waals surface area contributed by atoms with Crippen molar-refractivity contribution in [3.05, 3.63) is 194 Å². The van der Waals surface area contributed by atoms with E-state index in [-0.39, 0.29) is 5.75 Å². The third kappa shape index (κ3) is 6.05. The molecule has 0 aliphatic rings. The molecule has 0 atom stereocenters. The van der Waals surface area contributed by atoms with Crippen molar-refractivity contribution in [3.63, 3.8) is 0 Å². The second kappa shape index (κ2) is 13.2. The van der Waals surface area contributed by atoms with E-state index in [1.165, 1.54) is 0 Å². The van der Waals surface area contributed by atoms with Crippen molar-refractivity contribution in [2.24, 2.45) is 0 Å². The first kappa shape index (κ1) is 28.5. The minimum atomic E-state index is 0.209. The van der Waals surface area contributed by atoms with Gasteiger partial charge in [0.25, 0.3) is 0 Å². The van der Waals surface area contributed by atoms with Gasteiger partial charge in [-0.2, -0.15) is 0 Å². The smallest absolute Gasteiger partial charge is 0.117 e. The Balaban J connectivity index is 1.53. The molecule has 0 fully saturated rings. The minimum absolute atomic E-state index is 0.209. The number of phenolic OH excluding ortho intramolecular Hbond substituents is 1. The third-order valence-electron chi connectivity index (χ3n) is 7.82. The van der Waals surface area contributed by atoms with E-state index in [2.05, 4.69) is 142 Å². The Morgan fingerprint density at radius 1 is 0.239 bits per heavy atom. The van der Waals surface area contributed by atoms with E-state index >= 15 is 0 Å². The first-order valence-corrected chi connectivity index (χ1v) is 15.3.